The summed E-state index contributed by atoms with van der Waals surface area (Å²) in [7, 11) is 0. The number of hydrogen-bond acceptors (Lipinski definition) is 1. The van der Waals surface area contributed by atoms with Gasteiger partial charge in [-0.25, -0.2) is 0 Å². The van der Waals surface area contributed by atoms with E-state index in [9.17, 15) is 0 Å². The summed E-state index contributed by atoms with van der Waals surface area (Å²) in [5, 5.41) is 5.44. The van der Waals surface area contributed by atoms with Gasteiger partial charge in [0.15, 0.2) is 0 Å². The molecule has 2 aromatic rings. The summed E-state index contributed by atoms with van der Waals surface area (Å²) in [6.07, 6.45) is 5.35. The molecule has 98 valence electrons. The lowest BCUT2D eigenvalue weighted by molar-refractivity contribution is 0.499. The molecule has 1 unspecified atom stereocenters. The van der Waals surface area contributed by atoms with Gasteiger partial charge in [-0.2, -0.15) is 0 Å². The van der Waals surface area contributed by atoms with Crippen LogP contribution in [0.4, 0.5) is 0 Å². The second-order valence-electron chi connectivity index (χ2n) is 5.49. The maximum atomic E-state index is 4.81. The molecule has 0 bridgehead atoms. The van der Waals surface area contributed by atoms with E-state index in [4.69, 9.17) is 4.99 Å². The van der Waals surface area contributed by atoms with E-state index in [0.717, 1.165) is 12.5 Å². The number of halogens is 1. The summed E-state index contributed by atoms with van der Waals surface area (Å²) in [5.41, 5.74) is 1.68. The quantitative estimate of drug-likeness (QED) is 0.706. The van der Waals surface area contributed by atoms with Crippen LogP contribution in [0.3, 0.4) is 0 Å². The zero-order valence-corrected chi connectivity index (χ0v) is 12.6. The van der Waals surface area contributed by atoms with Crippen molar-refractivity contribution < 1.29 is 0 Å². The van der Waals surface area contributed by atoms with Gasteiger partial charge < -0.3 is 0 Å². The van der Waals surface area contributed by atoms with Gasteiger partial charge in [-0.15, -0.1) is 17.0 Å². The van der Waals surface area contributed by atoms with Crippen LogP contribution in [-0.2, 0) is 0 Å². The number of fused-ring (bicyclic) bond motifs is 4. The SMILES string of the molecule is Br.c1ccc2c3c(ccc2c1)=NCC1CCCCC=31. The molecule has 1 saturated carbocycles. The summed E-state index contributed by atoms with van der Waals surface area (Å²) < 4.78 is 0. The van der Waals surface area contributed by atoms with Crippen LogP contribution in [0.25, 0.3) is 16.3 Å². The lowest BCUT2D eigenvalue weighted by Gasteiger charge is -2.27. The number of rotatable bonds is 0. The second kappa shape index (κ2) is 5.09. The van der Waals surface area contributed by atoms with Gasteiger partial charge in [-0.1, -0.05) is 42.3 Å². The minimum atomic E-state index is 0. The van der Waals surface area contributed by atoms with Crippen LogP contribution >= 0.6 is 17.0 Å². The molecule has 0 aromatic heterocycles. The molecule has 0 amide bonds. The Balaban J connectivity index is 0.00000110. The third-order valence-corrected chi connectivity index (χ3v) is 4.45. The largest absolute Gasteiger partial charge is 0.284 e. The van der Waals surface area contributed by atoms with Crippen molar-refractivity contribution in [2.24, 2.45) is 10.9 Å². The number of nitrogens with zero attached hydrogens (tertiary/aromatic N) is 1. The molecule has 4 rings (SSSR count). The third-order valence-electron chi connectivity index (χ3n) is 4.45. The predicted octanol–water partition coefficient (Wildman–Crippen LogP) is 3.39. The van der Waals surface area contributed by atoms with E-state index in [2.05, 4.69) is 36.4 Å². The molecule has 1 heterocycles. The first-order valence-corrected chi connectivity index (χ1v) is 6.99. The van der Waals surface area contributed by atoms with E-state index >= 15 is 0 Å². The summed E-state index contributed by atoms with van der Waals surface area (Å²) >= 11 is 0. The maximum Gasteiger partial charge on any atom is 0.0652 e. The van der Waals surface area contributed by atoms with Gasteiger partial charge in [0.2, 0.25) is 0 Å². The molecule has 2 heteroatoms. The molecule has 1 aliphatic heterocycles. The van der Waals surface area contributed by atoms with Crippen molar-refractivity contribution in [1.82, 2.24) is 0 Å². The standard InChI is InChI=1S/C17H17N.BrH/c1-3-7-14-12(5-1)9-10-16-17(14)15-8-4-2-6-13(15)11-18-16;/h1,3,5,7,9-10,13H,2,4,6,8,11H2;1H. The van der Waals surface area contributed by atoms with Crippen molar-refractivity contribution in [2.75, 3.05) is 6.54 Å². The Kier molecular flexibility index (Phi) is 3.44. The Morgan fingerprint density at radius 3 is 2.84 bits per heavy atom. The molecule has 19 heavy (non-hydrogen) atoms. The molecular weight excluding hydrogens is 298 g/mol. The van der Waals surface area contributed by atoms with Crippen LogP contribution in [0.5, 0.6) is 0 Å². The van der Waals surface area contributed by atoms with Crippen LogP contribution in [0.2, 0.25) is 0 Å². The lowest BCUT2D eigenvalue weighted by Crippen LogP contribution is -2.36. The van der Waals surface area contributed by atoms with Crippen LogP contribution in [0, 0.1) is 5.92 Å². The number of hydrogen-bond donors (Lipinski definition) is 0. The van der Waals surface area contributed by atoms with Gasteiger partial charge in [-0.3, -0.25) is 4.99 Å². The van der Waals surface area contributed by atoms with Crippen molar-refractivity contribution in [2.45, 2.75) is 25.7 Å². The average Bonchev–Trinajstić information content (AvgIpc) is 2.46. The van der Waals surface area contributed by atoms with E-state index in [1.165, 1.54) is 47.0 Å². The molecule has 2 aliphatic rings. The zero-order chi connectivity index (χ0) is 11.9. The topological polar surface area (TPSA) is 12.4 Å². The zero-order valence-electron chi connectivity index (χ0n) is 10.9. The molecule has 0 N–H and O–H groups in total. The van der Waals surface area contributed by atoms with E-state index in [1.54, 1.807) is 5.57 Å². The highest BCUT2D eigenvalue weighted by Crippen LogP contribution is 2.31. The normalized spacial score (nSPS) is 21.1. The molecule has 1 aliphatic carbocycles. The molecule has 0 radical (unpaired) electrons. The number of benzene rings is 2. The van der Waals surface area contributed by atoms with E-state index < -0.39 is 0 Å². The first kappa shape index (κ1) is 12.9. The molecule has 1 nitrogen and oxygen atoms in total. The van der Waals surface area contributed by atoms with E-state index in [0.29, 0.717) is 0 Å². The Labute approximate surface area is 123 Å². The fourth-order valence-electron chi connectivity index (χ4n) is 3.55. The smallest absolute Gasteiger partial charge is 0.0652 e. The molecule has 0 saturated heterocycles. The highest BCUT2D eigenvalue weighted by Gasteiger charge is 2.22. The van der Waals surface area contributed by atoms with Crippen molar-refractivity contribution in [1.29, 1.82) is 0 Å². The predicted molar refractivity (Wildman–Crippen MR) is 85.3 cm³/mol. The molecule has 2 aromatic carbocycles. The molecular formula is C17H18BrN. The van der Waals surface area contributed by atoms with Crippen LogP contribution in [0.15, 0.2) is 41.4 Å². The summed E-state index contributed by atoms with van der Waals surface area (Å²) in [6.45, 7) is 1.01. The highest BCUT2D eigenvalue weighted by atomic mass is 79.9. The lowest BCUT2D eigenvalue weighted by atomic mass is 9.81. The first-order chi connectivity index (χ1) is 8.93. The fraction of sp³-hybridized carbons (Fsp3) is 0.353. The summed E-state index contributed by atoms with van der Waals surface area (Å²) in [5.74, 6) is 0.719. The summed E-state index contributed by atoms with van der Waals surface area (Å²) in [4.78, 5) is 4.81. The highest BCUT2D eigenvalue weighted by molar-refractivity contribution is 8.93. The van der Waals surface area contributed by atoms with Crippen molar-refractivity contribution >= 4 is 33.3 Å². The third kappa shape index (κ3) is 2.02. The summed E-state index contributed by atoms with van der Waals surface area (Å²) in [6, 6.07) is 13.2. The maximum absolute atomic E-state index is 4.81. The molecule has 1 fully saturated rings. The Hall–Kier alpha value is -1.15. The Morgan fingerprint density at radius 1 is 1.00 bits per heavy atom. The Morgan fingerprint density at radius 2 is 1.89 bits per heavy atom. The van der Waals surface area contributed by atoms with Crippen LogP contribution in [0.1, 0.15) is 25.7 Å². The minimum Gasteiger partial charge on any atom is -0.284 e. The van der Waals surface area contributed by atoms with Crippen molar-refractivity contribution in [3.8, 4) is 0 Å². The molecule has 1 atom stereocenters. The monoisotopic (exact) mass is 315 g/mol. The average molecular weight is 316 g/mol. The fourth-order valence-corrected chi connectivity index (χ4v) is 3.55. The van der Waals surface area contributed by atoms with Gasteiger partial charge in [0.05, 0.1) is 5.36 Å². The van der Waals surface area contributed by atoms with Gasteiger partial charge in [0, 0.05) is 17.7 Å². The van der Waals surface area contributed by atoms with Crippen molar-refractivity contribution in [3.63, 3.8) is 0 Å². The first-order valence-electron chi connectivity index (χ1n) is 6.99. The van der Waals surface area contributed by atoms with Gasteiger partial charge in [-0.05, 0) is 36.1 Å². The van der Waals surface area contributed by atoms with Crippen LogP contribution in [-0.4, -0.2) is 6.54 Å². The minimum absolute atomic E-state index is 0. The van der Waals surface area contributed by atoms with E-state index in [-0.39, 0.29) is 17.0 Å². The second-order valence-corrected chi connectivity index (χ2v) is 5.49. The van der Waals surface area contributed by atoms with E-state index in [1.807, 2.05) is 0 Å². The van der Waals surface area contributed by atoms with Crippen LogP contribution < -0.4 is 10.6 Å². The van der Waals surface area contributed by atoms with Gasteiger partial charge in [0.25, 0.3) is 0 Å². The van der Waals surface area contributed by atoms with Crippen molar-refractivity contribution in [3.05, 3.63) is 47.0 Å². The Bertz CT molecular complexity index is 733. The van der Waals surface area contributed by atoms with Gasteiger partial charge >= 0.3 is 0 Å². The molecule has 0 spiro atoms. The van der Waals surface area contributed by atoms with Gasteiger partial charge in [0.1, 0.15) is 0 Å².